The molecule has 2 aromatic rings. The van der Waals surface area contributed by atoms with Gasteiger partial charge in [0.1, 0.15) is 5.60 Å². The molecule has 0 aliphatic heterocycles. The van der Waals surface area contributed by atoms with Crippen molar-refractivity contribution in [2.45, 2.75) is 26.4 Å². The van der Waals surface area contributed by atoms with Crippen LogP contribution in [-0.2, 0) is 4.74 Å². The van der Waals surface area contributed by atoms with Crippen LogP contribution in [0.5, 0.6) is 0 Å². The van der Waals surface area contributed by atoms with Gasteiger partial charge in [-0.25, -0.2) is 19.1 Å². The van der Waals surface area contributed by atoms with E-state index in [4.69, 9.17) is 4.74 Å². The van der Waals surface area contributed by atoms with Gasteiger partial charge in [-0.1, -0.05) is 18.2 Å². The van der Waals surface area contributed by atoms with Gasteiger partial charge < -0.3 is 9.84 Å². The maximum absolute atomic E-state index is 11.8. The predicted octanol–water partition coefficient (Wildman–Crippen LogP) is 4.03. The highest BCUT2D eigenvalue weighted by Gasteiger charge is 2.22. The number of carbonyl (C=O) groups is 2. The van der Waals surface area contributed by atoms with Crippen LogP contribution in [0.4, 0.5) is 15.5 Å². The minimum Gasteiger partial charge on any atom is -0.464 e. The Balaban J connectivity index is 2.39. The van der Waals surface area contributed by atoms with Crippen LogP contribution < -0.4 is 5.32 Å². The summed E-state index contributed by atoms with van der Waals surface area (Å²) in [6, 6.07) is 7.30. The molecule has 0 aliphatic rings. The van der Waals surface area contributed by atoms with E-state index in [0.29, 0.717) is 11.3 Å². The van der Waals surface area contributed by atoms with Gasteiger partial charge in [0.05, 0.1) is 11.9 Å². The second-order valence-electron chi connectivity index (χ2n) is 5.69. The molecule has 1 aromatic carbocycles. The number of halogens is 1. The molecular formula is C15H16IN3O4. The van der Waals surface area contributed by atoms with Crippen molar-refractivity contribution in [3.8, 4) is 11.3 Å². The van der Waals surface area contributed by atoms with Crippen LogP contribution in [-0.4, -0.2) is 32.4 Å². The summed E-state index contributed by atoms with van der Waals surface area (Å²) in [5.74, 6) is -0.110. The first-order valence-electron chi connectivity index (χ1n) is 6.75. The van der Waals surface area contributed by atoms with Crippen molar-refractivity contribution in [3.63, 3.8) is 0 Å². The zero-order chi connectivity index (χ0) is 17.2. The smallest absolute Gasteiger partial charge is 0.418 e. The molecule has 1 amide bonds. The van der Waals surface area contributed by atoms with E-state index >= 15 is 0 Å². The van der Waals surface area contributed by atoms with Gasteiger partial charge in [-0.15, -0.1) is 0 Å². The molecule has 0 saturated carbocycles. The number of anilines is 1. The molecule has 122 valence electrons. The third-order valence-corrected chi connectivity index (χ3v) is 3.66. The highest BCUT2D eigenvalue weighted by Crippen LogP contribution is 2.27. The van der Waals surface area contributed by atoms with Crippen molar-refractivity contribution in [2.75, 3.05) is 5.32 Å². The number of benzene rings is 1. The molecule has 0 radical (unpaired) electrons. The van der Waals surface area contributed by atoms with Crippen molar-refractivity contribution in [2.24, 2.45) is 0 Å². The summed E-state index contributed by atoms with van der Waals surface area (Å²) < 4.78 is 6.91. The van der Waals surface area contributed by atoms with Crippen LogP contribution in [0.25, 0.3) is 11.3 Å². The monoisotopic (exact) mass is 429 g/mol. The molecule has 23 heavy (non-hydrogen) atoms. The zero-order valence-corrected chi connectivity index (χ0v) is 15.0. The lowest BCUT2D eigenvalue weighted by Gasteiger charge is -2.19. The summed E-state index contributed by atoms with van der Waals surface area (Å²) in [6.45, 7) is 5.15. The van der Waals surface area contributed by atoms with Crippen LogP contribution in [0.2, 0.25) is 0 Å². The maximum Gasteiger partial charge on any atom is 0.418 e. The van der Waals surface area contributed by atoms with Crippen molar-refractivity contribution in [1.82, 2.24) is 9.55 Å². The van der Waals surface area contributed by atoms with E-state index in [2.05, 4.69) is 32.9 Å². The average Bonchev–Trinajstić information content (AvgIpc) is 2.80. The summed E-state index contributed by atoms with van der Waals surface area (Å²) in [5, 5.41) is 11.8. The van der Waals surface area contributed by atoms with Crippen LogP contribution in [0.15, 0.2) is 30.5 Å². The first-order chi connectivity index (χ1) is 10.7. The van der Waals surface area contributed by atoms with Crippen LogP contribution in [0.3, 0.4) is 0 Å². The molecule has 1 heterocycles. The fourth-order valence-corrected chi connectivity index (χ4v) is 2.55. The van der Waals surface area contributed by atoms with Crippen LogP contribution in [0.1, 0.15) is 20.8 Å². The fraction of sp³-hybridized carbons (Fsp3) is 0.267. The van der Waals surface area contributed by atoms with E-state index in [-0.39, 0.29) is 5.95 Å². The van der Waals surface area contributed by atoms with Crippen molar-refractivity contribution < 1.29 is 19.4 Å². The molecular weight excluding hydrogens is 413 g/mol. The van der Waals surface area contributed by atoms with Gasteiger partial charge in [0.15, 0.2) is 0 Å². The lowest BCUT2D eigenvalue weighted by molar-refractivity contribution is 0.0634. The normalized spacial score (nSPS) is 11.1. The number of carbonyl (C=O) groups excluding carboxylic acids is 1. The quantitative estimate of drug-likeness (QED) is 0.704. The van der Waals surface area contributed by atoms with Gasteiger partial charge in [-0.2, -0.15) is 0 Å². The zero-order valence-electron chi connectivity index (χ0n) is 12.8. The molecule has 0 bridgehead atoms. The summed E-state index contributed by atoms with van der Waals surface area (Å²) in [5.41, 5.74) is 0.385. The number of rotatable bonds is 2. The molecule has 0 atom stereocenters. The molecule has 8 heteroatoms. The molecule has 0 unspecified atom stereocenters. The number of ether oxygens (including phenoxy) is 1. The minimum absolute atomic E-state index is 0.110. The molecule has 1 aromatic heterocycles. The van der Waals surface area contributed by atoms with E-state index in [9.17, 15) is 14.7 Å². The molecule has 0 aliphatic carbocycles. The number of nitrogens with zero attached hydrogens (tertiary/aromatic N) is 2. The van der Waals surface area contributed by atoms with Crippen molar-refractivity contribution >= 4 is 40.7 Å². The molecule has 2 rings (SSSR count). The number of amides is 1. The number of hydrogen-bond donors (Lipinski definition) is 2. The highest BCUT2D eigenvalue weighted by molar-refractivity contribution is 14.1. The van der Waals surface area contributed by atoms with Gasteiger partial charge in [0.2, 0.25) is 5.95 Å². The van der Waals surface area contributed by atoms with Crippen LogP contribution >= 0.6 is 22.6 Å². The Morgan fingerprint density at radius 3 is 2.52 bits per heavy atom. The van der Waals surface area contributed by atoms with Gasteiger partial charge in [0.25, 0.3) is 0 Å². The highest BCUT2D eigenvalue weighted by atomic mass is 127. The Hall–Kier alpha value is -2.10. The average molecular weight is 429 g/mol. The molecule has 0 fully saturated rings. The Bertz CT molecular complexity index is 749. The third kappa shape index (κ3) is 4.21. The van der Waals surface area contributed by atoms with Gasteiger partial charge in [-0.05, 0) is 49.4 Å². The Morgan fingerprint density at radius 2 is 1.96 bits per heavy atom. The van der Waals surface area contributed by atoms with Gasteiger partial charge >= 0.3 is 12.2 Å². The first kappa shape index (κ1) is 17.3. The molecule has 0 spiro atoms. The van der Waals surface area contributed by atoms with Crippen LogP contribution in [0, 0.1) is 3.57 Å². The standard InChI is InChI=1S/C15H16IN3O4/c1-15(2,3)23-13(20)18-12-17-8-11(19(12)14(21)22)9-6-4-5-7-10(9)16/h4-8H,1-3H3,(H,21,22)(H,17,18,20). The summed E-state index contributed by atoms with van der Waals surface area (Å²) in [4.78, 5) is 27.4. The lowest BCUT2D eigenvalue weighted by Crippen LogP contribution is -2.28. The lowest BCUT2D eigenvalue weighted by atomic mass is 10.2. The van der Waals surface area contributed by atoms with Gasteiger partial charge in [0, 0.05) is 9.13 Å². The summed E-state index contributed by atoms with van der Waals surface area (Å²) in [6.07, 6.45) is -0.610. The molecule has 2 N–H and O–H groups in total. The summed E-state index contributed by atoms with van der Waals surface area (Å²) >= 11 is 2.11. The van der Waals surface area contributed by atoms with E-state index in [1.165, 1.54) is 6.20 Å². The van der Waals surface area contributed by atoms with E-state index in [0.717, 1.165) is 8.14 Å². The fourth-order valence-electron chi connectivity index (χ4n) is 1.89. The predicted molar refractivity (Wildman–Crippen MR) is 93.7 cm³/mol. The van der Waals surface area contributed by atoms with Crippen molar-refractivity contribution in [1.29, 1.82) is 0 Å². The van der Waals surface area contributed by atoms with Gasteiger partial charge in [-0.3, -0.25) is 5.32 Å². The maximum atomic E-state index is 11.8. The number of hydrogen-bond acceptors (Lipinski definition) is 4. The third-order valence-electron chi connectivity index (χ3n) is 2.72. The number of aromatic nitrogens is 2. The molecule has 0 saturated heterocycles. The van der Waals surface area contributed by atoms with E-state index in [1.807, 2.05) is 12.1 Å². The summed E-state index contributed by atoms with van der Waals surface area (Å²) in [7, 11) is 0. The number of carboxylic acid groups (broad SMARTS) is 1. The topological polar surface area (TPSA) is 93.5 Å². The second kappa shape index (κ2) is 6.57. The largest absolute Gasteiger partial charge is 0.464 e. The molecule has 7 nitrogen and oxygen atoms in total. The second-order valence-corrected chi connectivity index (χ2v) is 6.85. The van der Waals surface area contributed by atoms with E-state index < -0.39 is 17.8 Å². The SMILES string of the molecule is CC(C)(C)OC(=O)Nc1ncc(-c2ccccc2I)n1C(=O)O. The van der Waals surface area contributed by atoms with Crippen molar-refractivity contribution in [3.05, 3.63) is 34.0 Å². The first-order valence-corrected chi connectivity index (χ1v) is 7.83. The Morgan fingerprint density at radius 1 is 1.30 bits per heavy atom. The Labute approximate surface area is 146 Å². The Kier molecular flexibility index (Phi) is 4.93. The number of imidazole rings is 1. The minimum atomic E-state index is -1.25. The van der Waals surface area contributed by atoms with E-state index in [1.54, 1.807) is 32.9 Å². The number of nitrogens with one attached hydrogen (secondary N) is 1.